The van der Waals surface area contributed by atoms with Crippen LogP contribution in [-0.2, 0) is 27.5 Å². The number of thiophene rings is 1. The van der Waals surface area contributed by atoms with Crippen LogP contribution >= 0.6 is 34.5 Å². The number of alkyl halides is 3. The van der Waals surface area contributed by atoms with E-state index in [1.165, 1.54) is 28.8 Å². The highest BCUT2D eigenvalue weighted by atomic mass is 35.5. The lowest BCUT2D eigenvalue weighted by Gasteiger charge is -2.18. The number of nitrogens with one attached hydrogen (secondary N) is 1. The lowest BCUT2D eigenvalue weighted by Crippen LogP contribution is -2.35. The zero-order chi connectivity index (χ0) is 26.5. The van der Waals surface area contributed by atoms with Crippen molar-refractivity contribution >= 4 is 50.8 Å². The van der Waals surface area contributed by atoms with Crippen LogP contribution in [0.15, 0.2) is 46.9 Å². The van der Waals surface area contributed by atoms with E-state index in [2.05, 4.69) is 15.3 Å². The minimum absolute atomic E-state index is 0.0845. The molecule has 0 aliphatic carbocycles. The molecular weight excluding hydrogens is 560 g/mol. The Balaban J connectivity index is 0.000000202. The molecule has 2 aromatic heterocycles. The first-order valence-electron chi connectivity index (χ1n) is 10.5. The zero-order valence-corrected chi connectivity index (χ0v) is 21.9. The molecule has 36 heavy (non-hydrogen) atoms. The van der Waals surface area contributed by atoms with Crippen LogP contribution in [0.4, 0.5) is 13.2 Å². The van der Waals surface area contributed by atoms with Gasteiger partial charge >= 0.3 is 6.18 Å². The molecule has 1 fully saturated rings. The molecule has 0 bridgehead atoms. The number of carbonyl (C=O) groups excluding carboxylic acids is 1. The van der Waals surface area contributed by atoms with E-state index in [0.29, 0.717) is 43.5 Å². The quantitative estimate of drug-likeness (QED) is 0.398. The number of nitrogens with zero attached hydrogens (tertiary/aromatic N) is 3. The molecule has 14 heteroatoms. The molecule has 3 aromatic rings. The Hall–Kier alpha value is -2.09. The van der Waals surface area contributed by atoms with Gasteiger partial charge in [-0.2, -0.15) is 17.5 Å². The molecule has 3 heterocycles. The molecule has 1 aromatic carbocycles. The van der Waals surface area contributed by atoms with Crippen molar-refractivity contribution in [3.05, 3.63) is 63.3 Å². The normalized spacial score (nSPS) is 16.4. The molecule has 0 saturated carbocycles. The number of halogens is 5. The maximum Gasteiger partial charge on any atom is 0.416 e. The van der Waals surface area contributed by atoms with E-state index in [1.54, 1.807) is 13.1 Å². The highest BCUT2D eigenvalue weighted by Crippen LogP contribution is 2.37. The van der Waals surface area contributed by atoms with Gasteiger partial charge in [-0.25, -0.2) is 18.4 Å². The maximum absolute atomic E-state index is 12.5. The summed E-state index contributed by atoms with van der Waals surface area (Å²) < 4.78 is 63.4. The maximum atomic E-state index is 12.5. The van der Waals surface area contributed by atoms with Gasteiger partial charge in [0.15, 0.2) is 0 Å². The van der Waals surface area contributed by atoms with Crippen LogP contribution in [0, 0.1) is 0 Å². The standard InChI is InChI=1S/C13H12F3N3.C9H9Cl2NO3S2/c1-17-7-11-6-12(19-8-18-11)9-2-4-10(5-3-9)13(14,15)16;10-7-4-8(16-9(7)11)17(14,15)12-3-1-2-6(12)5-13/h2-6,8,17H,7H2,1H3;4-6H,1-3H2. The van der Waals surface area contributed by atoms with Crippen molar-refractivity contribution in [3.63, 3.8) is 0 Å². The second kappa shape index (κ2) is 12.0. The highest BCUT2D eigenvalue weighted by molar-refractivity contribution is 7.91. The second-order valence-electron chi connectivity index (χ2n) is 7.65. The summed E-state index contributed by atoms with van der Waals surface area (Å²) in [5.41, 5.74) is 1.36. The lowest BCUT2D eigenvalue weighted by molar-refractivity contribution is -0.137. The Labute approximate surface area is 220 Å². The molecule has 1 saturated heterocycles. The number of aldehydes is 1. The lowest BCUT2D eigenvalue weighted by atomic mass is 10.1. The Bertz CT molecular complexity index is 1280. The van der Waals surface area contributed by atoms with Gasteiger partial charge in [0.25, 0.3) is 10.0 Å². The van der Waals surface area contributed by atoms with Gasteiger partial charge in [0.05, 0.1) is 28.0 Å². The molecule has 1 N–H and O–H groups in total. The first-order valence-corrected chi connectivity index (χ1v) is 13.5. The van der Waals surface area contributed by atoms with E-state index in [4.69, 9.17) is 23.2 Å². The highest BCUT2D eigenvalue weighted by Gasteiger charge is 2.36. The summed E-state index contributed by atoms with van der Waals surface area (Å²) in [4.78, 5) is 18.9. The van der Waals surface area contributed by atoms with Gasteiger partial charge in [-0.05, 0) is 44.2 Å². The third kappa shape index (κ3) is 6.81. The first-order chi connectivity index (χ1) is 17.0. The average Bonchev–Trinajstić information content (AvgIpc) is 3.47. The summed E-state index contributed by atoms with van der Waals surface area (Å²) >= 11 is 12.4. The Kier molecular flexibility index (Phi) is 9.47. The summed E-state index contributed by atoms with van der Waals surface area (Å²) in [7, 11) is -1.86. The van der Waals surface area contributed by atoms with Gasteiger partial charge in [0.1, 0.15) is 21.2 Å². The number of aromatic nitrogens is 2. The predicted molar refractivity (Wildman–Crippen MR) is 133 cm³/mol. The minimum atomic E-state index is -4.32. The van der Waals surface area contributed by atoms with E-state index in [9.17, 15) is 26.4 Å². The van der Waals surface area contributed by atoms with Gasteiger partial charge in [0, 0.05) is 18.7 Å². The van der Waals surface area contributed by atoms with Crippen molar-refractivity contribution in [2.24, 2.45) is 0 Å². The fourth-order valence-electron chi connectivity index (χ4n) is 3.43. The number of hydrogen-bond acceptors (Lipinski definition) is 7. The van der Waals surface area contributed by atoms with Gasteiger partial charge in [-0.15, -0.1) is 11.3 Å². The first kappa shape index (κ1) is 28.5. The summed E-state index contributed by atoms with van der Waals surface area (Å²) in [6.07, 6.45) is -0.992. The van der Waals surface area contributed by atoms with Crippen LogP contribution in [0.2, 0.25) is 9.36 Å². The molecule has 1 unspecified atom stereocenters. The molecule has 7 nitrogen and oxygen atoms in total. The summed E-state index contributed by atoms with van der Waals surface area (Å²) in [6.45, 7) is 0.940. The number of benzene rings is 1. The van der Waals surface area contributed by atoms with Crippen molar-refractivity contribution in [1.29, 1.82) is 0 Å². The van der Waals surface area contributed by atoms with E-state index in [-0.39, 0.29) is 13.6 Å². The van der Waals surface area contributed by atoms with Gasteiger partial charge in [-0.3, -0.25) is 0 Å². The minimum Gasteiger partial charge on any atom is -0.314 e. The zero-order valence-electron chi connectivity index (χ0n) is 18.8. The molecule has 1 aliphatic rings. The van der Waals surface area contributed by atoms with E-state index < -0.39 is 27.8 Å². The van der Waals surface area contributed by atoms with Crippen molar-refractivity contribution in [3.8, 4) is 11.3 Å². The molecule has 1 aliphatic heterocycles. The SMILES string of the molecule is CNCc1cc(-c2ccc(C(F)(F)F)cc2)ncn1.O=CC1CCCN1S(=O)(=O)c1cc(Cl)c(Cl)s1. The molecule has 4 rings (SSSR count). The van der Waals surface area contributed by atoms with Crippen molar-refractivity contribution in [2.75, 3.05) is 13.6 Å². The number of hydrogen-bond donors (Lipinski definition) is 1. The smallest absolute Gasteiger partial charge is 0.314 e. The van der Waals surface area contributed by atoms with Crippen LogP contribution in [0.25, 0.3) is 11.3 Å². The van der Waals surface area contributed by atoms with Crippen LogP contribution in [0.5, 0.6) is 0 Å². The summed E-state index contributed by atoms with van der Waals surface area (Å²) in [5, 5.41) is 3.17. The Morgan fingerprint density at radius 1 is 1.19 bits per heavy atom. The Morgan fingerprint density at radius 2 is 1.89 bits per heavy atom. The average molecular weight is 581 g/mol. The van der Waals surface area contributed by atoms with Crippen molar-refractivity contribution < 1.29 is 26.4 Å². The van der Waals surface area contributed by atoms with Crippen molar-refractivity contribution in [2.45, 2.75) is 35.8 Å². The molecule has 0 spiro atoms. The van der Waals surface area contributed by atoms with E-state index in [1.807, 2.05) is 0 Å². The van der Waals surface area contributed by atoms with Crippen LogP contribution in [0.1, 0.15) is 24.1 Å². The van der Waals surface area contributed by atoms with E-state index in [0.717, 1.165) is 29.2 Å². The van der Waals surface area contributed by atoms with Crippen LogP contribution < -0.4 is 5.32 Å². The van der Waals surface area contributed by atoms with Gasteiger partial charge < -0.3 is 10.1 Å². The fraction of sp³-hybridized carbons (Fsp3) is 0.318. The second-order valence-corrected chi connectivity index (χ2v) is 11.8. The third-order valence-electron chi connectivity index (χ3n) is 5.18. The molecule has 0 amide bonds. The summed E-state index contributed by atoms with van der Waals surface area (Å²) in [6, 6.07) is 7.43. The monoisotopic (exact) mass is 580 g/mol. The Morgan fingerprint density at radius 3 is 2.44 bits per heavy atom. The van der Waals surface area contributed by atoms with E-state index >= 15 is 0 Å². The van der Waals surface area contributed by atoms with Crippen LogP contribution in [-0.4, -0.2) is 48.6 Å². The largest absolute Gasteiger partial charge is 0.416 e. The number of rotatable bonds is 6. The molecule has 1 atom stereocenters. The van der Waals surface area contributed by atoms with Gasteiger partial charge in [0.2, 0.25) is 0 Å². The fourth-order valence-corrected chi connectivity index (χ4v) is 7.08. The molecular formula is C22H21Cl2F3N4O3S2. The number of sulfonamides is 1. The molecule has 194 valence electrons. The molecule has 0 radical (unpaired) electrons. The summed E-state index contributed by atoms with van der Waals surface area (Å²) in [5.74, 6) is 0. The topological polar surface area (TPSA) is 92.3 Å². The third-order valence-corrected chi connectivity index (χ3v) is 9.42. The van der Waals surface area contributed by atoms with Crippen LogP contribution in [0.3, 0.4) is 0 Å². The predicted octanol–water partition coefficient (Wildman–Crippen LogP) is 5.29. The number of carbonyl (C=O) groups is 1. The van der Waals surface area contributed by atoms with Crippen molar-refractivity contribution in [1.82, 2.24) is 19.6 Å². The van der Waals surface area contributed by atoms with Gasteiger partial charge in [-0.1, -0.05) is 35.3 Å².